The van der Waals surface area contributed by atoms with Gasteiger partial charge in [-0.15, -0.1) is 0 Å². The lowest BCUT2D eigenvalue weighted by Gasteiger charge is -2.37. The summed E-state index contributed by atoms with van der Waals surface area (Å²) in [7, 11) is 0. The number of carbonyl (C=O) groups is 2. The number of likely N-dealkylation sites (tertiary alicyclic amines) is 2. The normalized spacial score (nSPS) is 20.6. The first kappa shape index (κ1) is 18.1. The fourth-order valence-corrected chi connectivity index (χ4v) is 4.18. The summed E-state index contributed by atoms with van der Waals surface area (Å²) in [6, 6.07) is 8.02. The standard InChI is InChI=1S/C21H30N2O2/c1-3-22-12-8-20(9-13-22)21(25)23-14-10-19(11-15-23)18-6-4-17(5-7-18)16(2)24/h4-7,19-20H,3,8-15H2,1-2H3. The Bertz CT molecular complexity index is 595. The van der Waals surface area contributed by atoms with Gasteiger partial charge in [-0.1, -0.05) is 31.2 Å². The monoisotopic (exact) mass is 342 g/mol. The summed E-state index contributed by atoms with van der Waals surface area (Å²) in [6.07, 6.45) is 4.08. The van der Waals surface area contributed by atoms with E-state index >= 15 is 0 Å². The smallest absolute Gasteiger partial charge is 0.225 e. The molecular weight excluding hydrogens is 312 g/mol. The minimum absolute atomic E-state index is 0.112. The zero-order valence-corrected chi connectivity index (χ0v) is 15.5. The molecule has 2 saturated heterocycles. The molecule has 0 atom stereocenters. The summed E-state index contributed by atoms with van der Waals surface area (Å²) in [5.41, 5.74) is 2.07. The maximum absolute atomic E-state index is 12.8. The van der Waals surface area contributed by atoms with E-state index in [-0.39, 0.29) is 11.7 Å². The molecule has 2 aliphatic heterocycles. The van der Waals surface area contributed by atoms with Crippen molar-refractivity contribution >= 4 is 11.7 Å². The lowest BCUT2D eigenvalue weighted by Crippen LogP contribution is -2.45. The fraction of sp³-hybridized carbons (Fsp3) is 0.619. The van der Waals surface area contributed by atoms with Gasteiger partial charge in [0.2, 0.25) is 5.91 Å². The van der Waals surface area contributed by atoms with Crippen LogP contribution in [0.15, 0.2) is 24.3 Å². The molecule has 0 aliphatic carbocycles. The van der Waals surface area contributed by atoms with Crippen LogP contribution >= 0.6 is 0 Å². The molecule has 136 valence electrons. The quantitative estimate of drug-likeness (QED) is 0.788. The minimum atomic E-state index is 0.112. The first-order valence-electron chi connectivity index (χ1n) is 9.70. The second kappa shape index (κ2) is 8.13. The number of Topliss-reactive ketones (excluding diaryl/α,β-unsaturated/α-hetero) is 1. The predicted octanol–water partition coefficient (Wildman–Crippen LogP) is 3.33. The van der Waals surface area contributed by atoms with E-state index in [1.165, 1.54) is 5.56 Å². The number of hydrogen-bond acceptors (Lipinski definition) is 3. The summed E-state index contributed by atoms with van der Waals surface area (Å²) in [4.78, 5) is 28.7. The number of carbonyl (C=O) groups excluding carboxylic acids is 2. The molecule has 25 heavy (non-hydrogen) atoms. The lowest BCUT2D eigenvalue weighted by molar-refractivity contribution is -0.138. The number of piperidine rings is 2. The van der Waals surface area contributed by atoms with Crippen molar-refractivity contribution in [3.8, 4) is 0 Å². The van der Waals surface area contributed by atoms with Gasteiger partial charge in [-0.05, 0) is 63.7 Å². The first-order valence-corrected chi connectivity index (χ1v) is 9.70. The summed E-state index contributed by atoms with van der Waals surface area (Å²) in [6.45, 7) is 8.74. The number of hydrogen-bond donors (Lipinski definition) is 0. The van der Waals surface area contributed by atoms with E-state index in [0.29, 0.717) is 11.8 Å². The van der Waals surface area contributed by atoms with Gasteiger partial charge in [0, 0.05) is 24.6 Å². The average Bonchev–Trinajstić information content (AvgIpc) is 2.67. The molecule has 0 unspecified atom stereocenters. The molecule has 2 aliphatic rings. The van der Waals surface area contributed by atoms with Crippen LogP contribution in [0, 0.1) is 5.92 Å². The van der Waals surface area contributed by atoms with Gasteiger partial charge in [0.25, 0.3) is 0 Å². The summed E-state index contributed by atoms with van der Waals surface area (Å²) >= 11 is 0. The molecule has 1 amide bonds. The molecule has 2 heterocycles. The molecule has 4 nitrogen and oxygen atoms in total. The molecule has 4 heteroatoms. The van der Waals surface area contributed by atoms with Gasteiger partial charge in [-0.2, -0.15) is 0 Å². The fourth-order valence-electron chi connectivity index (χ4n) is 4.18. The number of ketones is 1. The number of rotatable bonds is 4. The van der Waals surface area contributed by atoms with E-state index in [2.05, 4.69) is 28.9 Å². The highest BCUT2D eigenvalue weighted by atomic mass is 16.2. The second-order valence-corrected chi connectivity index (χ2v) is 7.49. The van der Waals surface area contributed by atoms with Crippen LogP contribution in [0.1, 0.15) is 61.4 Å². The second-order valence-electron chi connectivity index (χ2n) is 7.49. The molecule has 0 N–H and O–H groups in total. The Morgan fingerprint density at radius 3 is 2.08 bits per heavy atom. The molecule has 0 radical (unpaired) electrons. The van der Waals surface area contributed by atoms with Crippen LogP contribution in [0.5, 0.6) is 0 Å². The highest BCUT2D eigenvalue weighted by molar-refractivity contribution is 5.94. The third kappa shape index (κ3) is 4.30. The topological polar surface area (TPSA) is 40.6 Å². The number of nitrogens with zero attached hydrogens (tertiary/aromatic N) is 2. The van der Waals surface area contributed by atoms with Crippen molar-refractivity contribution in [2.24, 2.45) is 5.92 Å². The van der Waals surface area contributed by atoms with Crippen molar-refractivity contribution in [2.75, 3.05) is 32.7 Å². The van der Waals surface area contributed by atoms with E-state index in [4.69, 9.17) is 0 Å². The molecule has 0 bridgehead atoms. The largest absolute Gasteiger partial charge is 0.342 e. The third-order valence-electron chi connectivity index (χ3n) is 5.98. The SMILES string of the molecule is CCN1CCC(C(=O)N2CCC(c3ccc(C(C)=O)cc3)CC2)CC1. The maximum Gasteiger partial charge on any atom is 0.225 e. The van der Waals surface area contributed by atoms with E-state index in [1.54, 1.807) is 6.92 Å². The van der Waals surface area contributed by atoms with Crippen LogP contribution in [-0.4, -0.2) is 54.2 Å². The van der Waals surface area contributed by atoms with Crippen molar-refractivity contribution in [3.63, 3.8) is 0 Å². The average molecular weight is 342 g/mol. The summed E-state index contributed by atoms with van der Waals surface area (Å²) < 4.78 is 0. The highest BCUT2D eigenvalue weighted by Gasteiger charge is 2.30. The Hall–Kier alpha value is -1.68. The van der Waals surface area contributed by atoms with Crippen LogP contribution in [-0.2, 0) is 4.79 Å². The van der Waals surface area contributed by atoms with Gasteiger partial charge in [0.05, 0.1) is 0 Å². The summed E-state index contributed by atoms with van der Waals surface area (Å²) in [5.74, 6) is 1.23. The summed E-state index contributed by atoms with van der Waals surface area (Å²) in [5, 5.41) is 0. The van der Waals surface area contributed by atoms with Gasteiger partial charge in [-0.3, -0.25) is 9.59 Å². The van der Waals surface area contributed by atoms with Gasteiger partial charge in [0.1, 0.15) is 0 Å². The Morgan fingerprint density at radius 2 is 1.56 bits per heavy atom. The molecule has 1 aromatic rings. The number of amides is 1. The third-order valence-corrected chi connectivity index (χ3v) is 5.98. The van der Waals surface area contributed by atoms with Crippen molar-refractivity contribution in [2.45, 2.75) is 45.4 Å². The van der Waals surface area contributed by atoms with E-state index < -0.39 is 0 Å². The Labute approximate surface area is 151 Å². The van der Waals surface area contributed by atoms with Gasteiger partial charge < -0.3 is 9.80 Å². The van der Waals surface area contributed by atoms with Gasteiger partial charge >= 0.3 is 0 Å². The van der Waals surface area contributed by atoms with E-state index in [1.807, 2.05) is 12.1 Å². The highest BCUT2D eigenvalue weighted by Crippen LogP contribution is 2.30. The van der Waals surface area contributed by atoms with Crippen LogP contribution in [0.3, 0.4) is 0 Å². The Balaban J connectivity index is 1.51. The predicted molar refractivity (Wildman–Crippen MR) is 99.8 cm³/mol. The zero-order valence-electron chi connectivity index (χ0n) is 15.5. The van der Waals surface area contributed by atoms with Crippen molar-refractivity contribution < 1.29 is 9.59 Å². The molecule has 0 saturated carbocycles. The van der Waals surface area contributed by atoms with E-state index in [0.717, 1.165) is 64.0 Å². The van der Waals surface area contributed by atoms with Crippen molar-refractivity contribution in [3.05, 3.63) is 35.4 Å². The lowest BCUT2D eigenvalue weighted by atomic mass is 9.87. The molecule has 2 fully saturated rings. The molecule has 3 rings (SSSR count). The molecule has 0 spiro atoms. The molecule has 0 aromatic heterocycles. The van der Waals surface area contributed by atoms with Crippen molar-refractivity contribution in [1.82, 2.24) is 9.80 Å². The van der Waals surface area contributed by atoms with Crippen molar-refractivity contribution in [1.29, 1.82) is 0 Å². The van der Waals surface area contributed by atoms with Crippen LogP contribution in [0.4, 0.5) is 0 Å². The van der Waals surface area contributed by atoms with Gasteiger partial charge in [-0.25, -0.2) is 0 Å². The zero-order chi connectivity index (χ0) is 17.8. The Kier molecular flexibility index (Phi) is 5.89. The van der Waals surface area contributed by atoms with Crippen LogP contribution in [0.25, 0.3) is 0 Å². The molecular formula is C21H30N2O2. The first-order chi connectivity index (χ1) is 12.1. The molecule has 1 aromatic carbocycles. The Morgan fingerprint density at radius 1 is 0.960 bits per heavy atom. The number of benzene rings is 1. The van der Waals surface area contributed by atoms with Crippen LogP contribution < -0.4 is 0 Å². The minimum Gasteiger partial charge on any atom is -0.342 e. The van der Waals surface area contributed by atoms with Crippen LogP contribution in [0.2, 0.25) is 0 Å². The van der Waals surface area contributed by atoms with E-state index in [9.17, 15) is 9.59 Å². The van der Waals surface area contributed by atoms with Gasteiger partial charge in [0.15, 0.2) is 5.78 Å². The maximum atomic E-state index is 12.8.